The number of hydrogen-bond donors (Lipinski definition) is 1. The second-order valence-corrected chi connectivity index (χ2v) is 5.67. The summed E-state index contributed by atoms with van der Waals surface area (Å²) in [6.07, 6.45) is 2.96. The third-order valence-electron chi connectivity index (χ3n) is 3.51. The molecule has 20 heavy (non-hydrogen) atoms. The third kappa shape index (κ3) is 2.30. The number of aryl methyl sites for hydroxylation is 1. The maximum Gasteiger partial charge on any atom is 0.276 e. The molecule has 0 bridgehead atoms. The SMILES string of the molecule is Cn1nc(C(=O)Nc2ccc(Cl)cc2Cl)c2c1CCC2. The fraction of sp³-hybridized carbons (Fsp3) is 0.286. The lowest BCUT2D eigenvalue weighted by atomic mass is 10.2. The lowest BCUT2D eigenvalue weighted by Crippen LogP contribution is -2.15. The first-order valence-corrected chi connectivity index (χ1v) is 7.13. The maximum atomic E-state index is 12.3. The normalized spacial score (nSPS) is 13.3. The Kier molecular flexibility index (Phi) is 3.44. The van der Waals surface area contributed by atoms with Gasteiger partial charge in [0.05, 0.1) is 10.7 Å². The summed E-state index contributed by atoms with van der Waals surface area (Å²) >= 11 is 11.9. The zero-order valence-corrected chi connectivity index (χ0v) is 12.4. The highest BCUT2D eigenvalue weighted by atomic mass is 35.5. The Balaban J connectivity index is 1.89. The van der Waals surface area contributed by atoms with E-state index in [1.165, 1.54) is 0 Å². The summed E-state index contributed by atoms with van der Waals surface area (Å²) in [5.41, 5.74) is 3.23. The Bertz CT molecular complexity index is 694. The van der Waals surface area contributed by atoms with Crippen LogP contribution >= 0.6 is 23.2 Å². The van der Waals surface area contributed by atoms with Gasteiger partial charge < -0.3 is 5.32 Å². The minimum Gasteiger partial charge on any atom is -0.319 e. The largest absolute Gasteiger partial charge is 0.319 e. The molecule has 1 aromatic heterocycles. The van der Waals surface area contributed by atoms with Crippen LogP contribution in [0.15, 0.2) is 18.2 Å². The van der Waals surface area contributed by atoms with E-state index < -0.39 is 0 Å². The van der Waals surface area contributed by atoms with E-state index in [2.05, 4.69) is 10.4 Å². The smallest absolute Gasteiger partial charge is 0.276 e. The van der Waals surface area contributed by atoms with Gasteiger partial charge in [-0.25, -0.2) is 0 Å². The van der Waals surface area contributed by atoms with Crippen LogP contribution in [0.25, 0.3) is 0 Å². The highest BCUT2D eigenvalue weighted by Gasteiger charge is 2.25. The number of benzene rings is 1. The number of hydrogen-bond acceptors (Lipinski definition) is 2. The van der Waals surface area contributed by atoms with Crippen molar-refractivity contribution < 1.29 is 4.79 Å². The average molecular weight is 310 g/mol. The molecule has 3 rings (SSSR count). The first-order chi connectivity index (χ1) is 9.56. The molecule has 4 nitrogen and oxygen atoms in total. The molecule has 1 amide bonds. The van der Waals surface area contributed by atoms with Crippen molar-refractivity contribution in [3.63, 3.8) is 0 Å². The number of fused-ring (bicyclic) bond motifs is 1. The van der Waals surface area contributed by atoms with E-state index in [0.717, 1.165) is 30.5 Å². The topological polar surface area (TPSA) is 46.9 Å². The highest BCUT2D eigenvalue weighted by Crippen LogP contribution is 2.28. The van der Waals surface area contributed by atoms with Crippen LogP contribution in [0.3, 0.4) is 0 Å². The van der Waals surface area contributed by atoms with E-state index in [4.69, 9.17) is 23.2 Å². The summed E-state index contributed by atoms with van der Waals surface area (Å²) in [5, 5.41) is 8.05. The summed E-state index contributed by atoms with van der Waals surface area (Å²) in [4.78, 5) is 12.3. The summed E-state index contributed by atoms with van der Waals surface area (Å²) in [6.45, 7) is 0. The molecule has 6 heteroatoms. The lowest BCUT2D eigenvalue weighted by molar-refractivity contribution is 0.102. The van der Waals surface area contributed by atoms with Crippen molar-refractivity contribution in [3.8, 4) is 0 Å². The number of nitrogens with one attached hydrogen (secondary N) is 1. The summed E-state index contributed by atoms with van der Waals surface area (Å²) in [6, 6.07) is 4.97. The molecule has 0 fully saturated rings. The van der Waals surface area contributed by atoms with Crippen LogP contribution in [0, 0.1) is 0 Å². The predicted octanol–water partition coefficient (Wildman–Crippen LogP) is 3.47. The fourth-order valence-corrected chi connectivity index (χ4v) is 3.02. The number of nitrogens with zero attached hydrogens (tertiary/aromatic N) is 2. The van der Waals surface area contributed by atoms with Gasteiger partial charge in [-0.3, -0.25) is 9.48 Å². The van der Waals surface area contributed by atoms with Gasteiger partial charge in [-0.15, -0.1) is 0 Å². The van der Waals surface area contributed by atoms with Crippen LogP contribution in [0.2, 0.25) is 10.0 Å². The van der Waals surface area contributed by atoms with Gasteiger partial charge >= 0.3 is 0 Å². The molecule has 1 aliphatic carbocycles. The number of anilines is 1. The van der Waals surface area contributed by atoms with Crippen LogP contribution in [0.5, 0.6) is 0 Å². The molecule has 2 aromatic rings. The standard InChI is InChI=1S/C14H13Cl2N3O/c1-19-12-4-2-3-9(12)13(18-19)14(20)17-11-6-5-8(15)7-10(11)16/h5-7H,2-4H2,1H3,(H,17,20). The van der Waals surface area contributed by atoms with E-state index in [0.29, 0.717) is 21.4 Å². The molecule has 1 heterocycles. The third-order valence-corrected chi connectivity index (χ3v) is 4.06. The van der Waals surface area contributed by atoms with Crippen molar-refractivity contribution in [2.24, 2.45) is 7.05 Å². The second-order valence-electron chi connectivity index (χ2n) is 4.83. The molecule has 1 N–H and O–H groups in total. The zero-order chi connectivity index (χ0) is 14.3. The van der Waals surface area contributed by atoms with Gasteiger partial charge in [0.2, 0.25) is 0 Å². The van der Waals surface area contributed by atoms with Crippen LogP contribution in [-0.4, -0.2) is 15.7 Å². The quantitative estimate of drug-likeness (QED) is 0.923. The molecule has 0 atom stereocenters. The molecule has 0 spiro atoms. The van der Waals surface area contributed by atoms with Gasteiger partial charge in [0.25, 0.3) is 5.91 Å². The average Bonchev–Trinajstić information content (AvgIpc) is 2.97. The van der Waals surface area contributed by atoms with Crippen molar-refractivity contribution in [2.75, 3.05) is 5.32 Å². The molecule has 1 aliphatic rings. The number of carbonyl (C=O) groups is 1. The van der Waals surface area contributed by atoms with Gasteiger partial charge in [-0.2, -0.15) is 5.10 Å². The number of amides is 1. The fourth-order valence-electron chi connectivity index (χ4n) is 2.57. The Labute approximate surface area is 126 Å². The molecular formula is C14H13Cl2N3O. The van der Waals surface area contributed by atoms with Crippen molar-refractivity contribution >= 4 is 34.8 Å². The van der Waals surface area contributed by atoms with Crippen LogP contribution in [0.4, 0.5) is 5.69 Å². The number of aromatic nitrogens is 2. The predicted molar refractivity (Wildman–Crippen MR) is 79.6 cm³/mol. The Hall–Kier alpha value is -1.52. The molecule has 0 radical (unpaired) electrons. The number of halogens is 2. The minimum absolute atomic E-state index is 0.229. The van der Waals surface area contributed by atoms with E-state index in [9.17, 15) is 4.79 Å². The maximum absolute atomic E-state index is 12.3. The van der Waals surface area contributed by atoms with Crippen LogP contribution in [-0.2, 0) is 19.9 Å². The Morgan fingerprint density at radius 1 is 1.35 bits per heavy atom. The van der Waals surface area contributed by atoms with Gasteiger partial charge in [0.1, 0.15) is 0 Å². The molecule has 0 aliphatic heterocycles. The van der Waals surface area contributed by atoms with Crippen LogP contribution < -0.4 is 5.32 Å². The van der Waals surface area contributed by atoms with Crippen LogP contribution in [0.1, 0.15) is 28.2 Å². The van der Waals surface area contributed by atoms with Crippen molar-refractivity contribution in [2.45, 2.75) is 19.3 Å². The Morgan fingerprint density at radius 2 is 2.15 bits per heavy atom. The zero-order valence-electron chi connectivity index (χ0n) is 10.9. The van der Waals surface area contributed by atoms with E-state index in [-0.39, 0.29) is 5.91 Å². The monoisotopic (exact) mass is 309 g/mol. The second kappa shape index (κ2) is 5.11. The minimum atomic E-state index is -0.229. The number of rotatable bonds is 2. The van der Waals surface area contributed by atoms with Gasteiger partial charge in [-0.05, 0) is 37.5 Å². The molecule has 1 aromatic carbocycles. The van der Waals surface area contributed by atoms with Gasteiger partial charge in [0, 0.05) is 23.3 Å². The summed E-state index contributed by atoms with van der Waals surface area (Å²) in [7, 11) is 1.87. The van der Waals surface area contributed by atoms with Gasteiger partial charge in [-0.1, -0.05) is 23.2 Å². The highest BCUT2D eigenvalue weighted by molar-refractivity contribution is 6.36. The van der Waals surface area contributed by atoms with Crippen molar-refractivity contribution in [1.29, 1.82) is 0 Å². The molecule has 0 unspecified atom stereocenters. The molecule has 0 saturated heterocycles. The molecule has 0 saturated carbocycles. The Morgan fingerprint density at radius 3 is 2.90 bits per heavy atom. The first kappa shape index (κ1) is 13.5. The van der Waals surface area contributed by atoms with Crippen molar-refractivity contribution in [1.82, 2.24) is 9.78 Å². The number of carbonyl (C=O) groups excluding carboxylic acids is 1. The first-order valence-electron chi connectivity index (χ1n) is 6.37. The van der Waals surface area contributed by atoms with Crippen molar-refractivity contribution in [3.05, 3.63) is 45.2 Å². The molecule has 104 valence electrons. The summed E-state index contributed by atoms with van der Waals surface area (Å²) < 4.78 is 1.79. The molecular weight excluding hydrogens is 297 g/mol. The van der Waals surface area contributed by atoms with E-state index >= 15 is 0 Å². The summed E-state index contributed by atoms with van der Waals surface area (Å²) in [5.74, 6) is -0.229. The van der Waals surface area contributed by atoms with Gasteiger partial charge in [0.15, 0.2) is 5.69 Å². The van der Waals surface area contributed by atoms with E-state index in [1.807, 2.05) is 7.05 Å². The lowest BCUT2D eigenvalue weighted by Gasteiger charge is -2.06. The van der Waals surface area contributed by atoms with E-state index in [1.54, 1.807) is 22.9 Å².